The number of aromatic amines is 2. The van der Waals surface area contributed by atoms with Crippen molar-refractivity contribution in [2.45, 2.75) is 24.7 Å². The number of aryl methyl sites for hydroxylation is 1. The maximum absolute atomic E-state index is 11.8. The molecule has 0 radical (unpaired) electrons. The zero-order chi connectivity index (χ0) is 14.4. The van der Waals surface area contributed by atoms with Gasteiger partial charge in [-0.2, -0.15) is 5.10 Å². The van der Waals surface area contributed by atoms with Gasteiger partial charge in [-0.05, 0) is 0 Å². The minimum Gasteiger partial charge on any atom is -0.394 e. The van der Waals surface area contributed by atoms with Crippen molar-refractivity contribution in [3.63, 3.8) is 0 Å². The van der Waals surface area contributed by atoms with Gasteiger partial charge in [0.15, 0.2) is 0 Å². The average Bonchev–Trinajstić information content (AvgIpc) is 2.90. The van der Waals surface area contributed by atoms with Gasteiger partial charge in [-0.25, -0.2) is 4.79 Å². The lowest BCUT2D eigenvalue weighted by Gasteiger charge is -2.10. The lowest BCUT2D eigenvalue weighted by atomic mass is 10.1. The molecule has 4 N–H and O–H groups in total. The van der Waals surface area contributed by atoms with Gasteiger partial charge < -0.3 is 19.9 Å². The molecule has 9 heteroatoms. The zero-order valence-electron chi connectivity index (χ0n) is 10.7. The second kappa shape index (κ2) is 4.54. The topological polar surface area (TPSA) is 133 Å². The maximum atomic E-state index is 11.8. The van der Waals surface area contributed by atoms with Crippen molar-refractivity contribution in [2.24, 2.45) is 7.05 Å². The SMILES string of the molecule is Cn1nc([C@H]2C[C@H](O)[C@@H](CO)O2)c2[nH]c(=O)[nH]c(=O)c21. The highest BCUT2D eigenvalue weighted by Crippen LogP contribution is 2.34. The molecular formula is C11H14N4O5. The Hall–Kier alpha value is -1.97. The summed E-state index contributed by atoms with van der Waals surface area (Å²) in [5.41, 5.74) is -0.279. The quantitative estimate of drug-likeness (QED) is 0.510. The van der Waals surface area contributed by atoms with E-state index < -0.39 is 29.6 Å². The van der Waals surface area contributed by atoms with Crippen molar-refractivity contribution in [3.05, 3.63) is 26.5 Å². The largest absolute Gasteiger partial charge is 0.394 e. The van der Waals surface area contributed by atoms with Crippen LogP contribution in [-0.4, -0.2) is 48.8 Å². The van der Waals surface area contributed by atoms with E-state index in [0.717, 1.165) is 0 Å². The first-order valence-electron chi connectivity index (χ1n) is 6.15. The summed E-state index contributed by atoms with van der Waals surface area (Å²) in [6, 6.07) is 0. The summed E-state index contributed by atoms with van der Waals surface area (Å²) in [5, 5.41) is 23.0. The van der Waals surface area contributed by atoms with Crippen molar-refractivity contribution >= 4 is 11.0 Å². The molecule has 0 amide bonds. The molecule has 1 aliphatic heterocycles. The fourth-order valence-electron chi connectivity index (χ4n) is 2.53. The highest BCUT2D eigenvalue weighted by Gasteiger charge is 2.37. The number of aliphatic hydroxyl groups excluding tert-OH is 2. The van der Waals surface area contributed by atoms with E-state index in [9.17, 15) is 14.7 Å². The van der Waals surface area contributed by atoms with Crippen LogP contribution in [-0.2, 0) is 11.8 Å². The van der Waals surface area contributed by atoms with Gasteiger partial charge in [-0.1, -0.05) is 0 Å². The summed E-state index contributed by atoms with van der Waals surface area (Å²) in [7, 11) is 1.58. The number of rotatable bonds is 2. The van der Waals surface area contributed by atoms with Crippen LogP contribution in [0.15, 0.2) is 9.59 Å². The number of H-pyrrole nitrogens is 2. The van der Waals surface area contributed by atoms with Crippen molar-refractivity contribution in [1.29, 1.82) is 0 Å². The van der Waals surface area contributed by atoms with Crippen LogP contribution in [0.5, 0.6) is 0 Å². The Morgan fingerprint density at radius 2 is 2.20 bits per heavy atom. The van der Waals surface area contributed by atoms with Gasteiger partial charge in [0, 0.05) is 13.5 Å². The molecule has 0 aromatic carbocycles. The van der Waals surface area contributed by atoms with Crippen LogP contribution >= 0.6 is 0 Å². The molecule has 2 aromatic rings. The number of fused-ring (bicyclic) bond motifs is 1. The van der Waals surface area contributed by atoms with Crippen molar-refractivity contribution in [2.75, 3.05) is 6.61 Å². The summed E-state index contributed by atoms with van der Waals surface area (Å²) in [5.74, 6) is 0. The Morgan fingerprint density at radius 3 is 2.85 bits per heavy atom. The summed E-state index contributed by atoms with van der Waals surface area (Å²) in [4.78, 5) is 27.8. The Kier molecular flexibility index (Phi) is 2.96. The molecule has 20 heavy (non-hydrogen) atoms. The second-order valence-corrected chi connectivity index (χ2v) is 4.79. The maximum Gasteiger partial charge on any atom is 0.326 e. The molecule has 2 aromatic heterocycles. The fourth-order valence-corrected chi connectivity index (χ4v) is 2.53. The van der Waals surface area contributed by atoms with Crippen molar-refractivity contribution < 1.29 is 14.9 Å². The molecule has 108 valence electrons. The van der Waals surface area contributed by atoms with E-state index in [4.69, 9.17) is 9.84 Å². The lowest BCUT2D eigenvalue weighted by Crippen LogP contribution is -2.24. The van der Waals surface area contributed by atoms with E-state index in [0.29, 0.717) is 5.69 Å². The summed E-state index contributed by atoms with van der Waals surface area (Å²) < 4.78 is 6.85. The zero-order valence-corrected chi connectivity index (χ0v) is 10.7. The molecule has 0 spiro atoms. The van der Waals surface area contributed by atoms with Gasteiger partial charge in [0.2, 0.25) is 0 Å². The van der Waals surface area contributed by atoms with Crippen LogP contribution in [0.3, 0.4) is 0 Å². The Balaban J connectivity index is 2.14. The third-order valence-electron chi connectivity index (χ3n) is 3.46. The van der Waals surface area contributed by atoms with Crippen LogP contribution in [0, 0.1) is 0 Å². The summed E-state index contributed by atoms with van der Waals surface area (Å²) in [6.45, 7) is -0.306. The number of aliphatic hydroxyl groups is 2. The first-order valence-corrected chi connectivity index (χ1v) is 6.15. The smallest absolute Gasteiger partial charge is 0.326 e. The monoisotopic (exact) mass is 282 g/mol. The first-order chi connectivity index (χ1) is 9.51. The second-order valence-electron chi connectivity index (χ2n) is 4.79. The molecule has 0 bridgehead atoms. The fraction of sp³-hybridized carbons (Fsp3) is 0.545. The molecule has 3 heterocycles. The molecule has 3 atom stereocenters. The number of aromatic nitrogens is 4. The summed E-state index contributed by atoms with van der Waals surface area (Å²) >= 11 is 0. The van der Waals surface area contributed by atoms with E-state index >= 15 is 0 Å². The molecular weight excluding hydrogens is 268 g/mol. The minimum atomic E-state index is -0.809. The molecule has 0 saturated carbocycles. The third kappa shape index (κ3) is 1.87. The van der Waals surface area contributed by atoms with E-state index in [-0.39, 0.29) is 24.1 Å². The Morgan fingerprint density at radius 1 is 1.45 bits per heavy atom. The Bertz CT molecular complexity index is 760. The van der Waals surface area contributed by atoms with E-state index in [1.807, 2.05) is 0 Å². The molecule has 1 aliphatic rings. The molecule has 0 aliphatic carbocycles. The van der Waals surface area contributed by atoms with Crippen LogP contribution in [0.4, 0.5) is 0 Å². The predicted octanol–water partition coefficient (Wildman–Crippen LogP) is -1.87. The van der Waals surface area contributed by atoms with Gasteiger partial charge >= 0.3 is 5.69 Å². The molecule has 1 saturated heterocycles. The minimum absolute atomic E-state index is 0.227. The lowest BCUT2D eigenvalue weighted by molar-refractivity contribution is -0.0234. The van der Waals surface area contributed by atoms with Gasteiger partial charge in [0.1, 0.15) is 23.4 Å². The Labute approximate surface area is 111 Å². The summed E-state index contributed by atoms with van der Waals surface area (Å²) in [6.07, 6.45) is -1.84. The van der Waals surface area contributed by atoms with Crippen molar-refractivity contribution in [3.8, 4) is 0 Å². The van der Waals surface area contributed by atoms with E-state index in [2.05, 4.69) is 15.1 Å². The van der Waals surface area contributed by atoms with E-state index in [1.165, 1.54) is 4.68 Å². The highest BCUT2D eigenvalue weighted by atomic mass is 16.5. The van der Waals surface area contributed by atoms with Crippen molar-refractivity contribution in [1.82, 2.24) is 19.7 Å². The first kappa shape index (κ1) is 13.0. The number of nitrogens with one attached hydrogen (secondary N) is 2. The predicted molar refractivity (Wildman–Crippen MR) is 67.3 cm³/mol. The third-order valence-corrected chi connectivity index (χ3v) is 3.46. The number of hydrogen-bond donors (Lipinski definition) is 4. The number of ether oxygens (including phenoxy) is 1. The van der Waals surface area contributed by atoms with Crippen LogP contribution in [0.1, 0.15) is 18.2 Å². The molecule has 1 fully saturated rings. The normalized spacial score (nSPS) is 26.4. The highest BCUT2D eigenvalue weighted by molar-refractivity contribution is 5.76. The molecule has 3 rings (SSSR count). The van der Waals surface area contributed by atoms with Crippen LogP contribution < -0.4 is 11.2 Å². The van der Waals surface area contributed by atoms with Gasteiger partial charge in [0.05, 0.1) is 18.2 Å². The standard InChI is InChI=1S/C11H14N4O5/c1-15-9-8(12-11(19)13-10(9)18)7(14-15)5-2-4(17)6(3-16)20-5/h4-6,16-17H,2-3H2,1H3,(H2,12,13,18,19)/t4-,5+,6+/m0/s1. The van der Waals surface area contributed by atoms with Gasteiger partial charge in [0.25, 0.3) is 5.56 Å². The van der Waals surface area contributed by atoms with E-state index in [1.54, 1.807) is 7.05 Å². The van der Waals surface area contributed by atoms with Gasteiger partial charge in [-0.15, -0.1) is 0 Å². The van der Waals surface area contributed by atoms with Crippen LogP contribution in [0.2, 0.25) is 0 Å². The van der Waals surface area contributed by atoms with Crippen LogP contribution in [0.25, 0.3) is 11.0 Å². The average molecular weight is 282 g/mol. The number of hydrogen-bond acceptors (Lipinski definition) is 6. The van der Waals surface area contributed by atoms with Gasteiger partial charge in [-0.3, -0.25) is 14.5 Å². The molecule has 9 nitrogen and oxygen atoms in total. The molecule has 0 unspecified atom stereocenters. The number of nitrogens with zero attached hydrogens (tertiary/aromatic N) is 2.